The van der Waals surface area contributed by atoms with E-state index in [9.17, 15) is 9.59 Å². The van der Waals surface area contributed by atoms with Crippen LogP contribution < -0.4 is 10.1 Å². The van der Waals surface area contributed by atoms with Crippen molar-refractivity contribution in [2.24, 2.45) is 0 Å². The van der Waals surface area contributed by atoms with Crippen molar-refractivity contribution in [3.8, 4) is 5.75 Å². The monoisotopic (exact) mass is 349 g/mol. The minimum absolute atomic E-state index is 0.109. The van der Waals surface area contributed by atoms with Gasteiger partial charge in [0.25, 0.3) is 0 Å². The van der Waals surface area contributed by atoms with Gasteiger partial charge in [-0.25, -0.2) is 4.79 Å². The Morgan fingerprint density at radius 3 is 2.58 bits per heavy atom. The third-order valence-electron chi connectivity index (χ3n) is 3.32. The molecule has 24 heavy (non-hydrogen) atoms. The number of thioether (sulfide) groups is 1. The number of amides is 1. The number of carbonyl (C=O) groups excluding carboxylic acids is 1. The molecule has 0 bridgehead atoms. The highest BCUT2D eigenvalue weighted by Crippen LogP contribution is 2.21. The van der Waals surface area contributed by atoms with Gasteiger partial charge < -0.3 is 19.6 Å². The van der Waals surface area contributed by atoms with Crippen LogP contribution in [0, 0.1) is 6.92 Å². The van der Waals surface area contributed by atoms with Crippen molar-refractivity contribution in [3.05, 3.63) is 47.4 Å². The summed E-state index contributed by atoms with van der Waals surface area (Å²) in [6.07, 6.45) is 0.363. The number of methoxy groups -OCH3 is 1. The molecule has 0 unspecified atom stereocenters. The molecule has 0 saturated heterocycles. The molecular formula is C17H19NO5S. The van der Waals surface area contributed by atoms with Crippen LogP contribution in [0.3, 0.4) is 0 Å². The first kappa shape index (κ1) is 17.9. The van der Waals surface area contributed by atoms with E-state index in [4.69, 9.17) is 14.3 Å². The maximum atomic E-state index is 11.8. The van der Waals surface area contributed by atoms with E-state index in [-0.39, 0.29) is 18.0 Å². The van der Waals surface area contributed by atoms with E-state index in [0.717, 1.165) is 10.6 Å². The molecule has 2 aromatic rings. The zero-order valence-corrected chi connectivity index (χ0v) is 14.3. The summed E-state index contributed by atoms with van der Waals surface area (Å²) in [4.78, 5) is 23.8. The summed E-state index contributed by atoms with van der Waals surface area (Å²) in [7, 11) is 1.62. The molecule has 6 nitrogen and oxygen atoms in total. The standard InChI is InChI=1S/C17H19NO5S/c1-11-15(17(20)21)9-13(23-11)10-18-16(19)7-8-24-14-5-3-12(22-2)4-6-14/h3-6,9H,7-8,10H2,1-2H3,(H,18,19)(H,20,21). The van der Waals surface area contributed by atoms with Gasteiger partial charge in [0.1, 0.15) is 22.8 Å². The van der Waals surface area contributed by atoms with E-state index in [1.807, 2.05) is 24.3 Å². The summed E-state index contributed by atoms with van der Waals surface area (Å²) in [6.45, 7) is 1.76. The van der Waals surface area contributed by atoms with Gasteiger partial charge in [0, 0.05) is 17.1 Å². The minimum Gasteiger partial charge on any atom is -0.497 e. The van der Waals surface area contributed by atoms with Crippen LogP contribution in [0.5, 0.6) is 5.75 Å². The van der Waals surface area contributed by atoms with E-state index >= 15 is 0 Å². The summed E-state index contributed by atoms with van der Waals surface area (Å²) in [5, 5.41) is 11.7. The molecule has 1 aromatic heterocycles. The first-order valence-corrected chi connectivity index (χ1v) is 8.34. The fourth-order valence-corrected chi connectivity index (χ4v) is 2.90. The zero-order chi connectivity index (χ0) is 17.5. The Morgan fingerprint density at radius 2 is 2.00 bits per heavy atom. The largest absolute Gasteiger partial charge is 0.497 e. The lowest BCUT2D eigenvalue weighted by molar-refractivity contribution is -0.120. The second kappa shape index (κ2) is 8.44. The van der Waals surface area contributed by atoms with Crippen molar-refractivity contribution in [2.45, 2.75) is 24.8 Å². The highest BCUT2D eigenvalue weighted by Gasteiger charge is 2.14. The summed E-state index contributed by atoms with van der Waals surface area (Å²) in [6, 6.07) is 9.08. The molecule has 0 aliphatic heterocycles. The Hall–Kier alpha value is -2.41. The number of hydrogen-bond donors (Lipinski definition) is 2. The number of ether oxygens (including phenoxy) is 1. The van der Waals surface area contributed by atoms with E-state index < -0.39 is 5.97 Å². The quantitative estimate of drug-likeness (QED) is 0.712. The highest BCUT2D eigenvalue weighted by atomic mass is 32.2. The zero-order valence-electron chi connectivity index (χ0n) is 13.5. The molecule has 0 fully saturated rings. The first-order valence-electron chi connectivity index (χ1n) is 7.35. The first-order chi connectivity index (χ1) is 11.5. The molecule has 1 heterocycles. The van der Waals surface area contributed by atoms with Crippen LogP contribution in [0.15, 0.2) is 39.6 Å². The number of furan rings is 1. The summed E-state index contributed by atoms with van der Waals surface area (Å²) in [5.41, 5.74) is 0.120. The van der Waals surface area contributed by atoms with Crippen molar-refractivity contribution in [1.29, 1.82) is 0 Å². The summed E-state index contributed by atoms with van der Waals surface area (Å²) >= 11 is 1.58. The van der Waals surface area contributed by atoms with Crippen molar-refractivity contribution in [2.75, 3.05) is 12.9 Å². The van der Waals surface area contributed by atoms with E-state index in [1.165, 1.54) is 6.07 Å². The number of benzene rings is 1. The number of aromatic carboxylic acids is 1. The van der Waals surface area contributed by atoms with E-state index in [2.05, 4.69) is 5.32 Å². The van der Waals surface area contributed by atoms with Gasteiger partial charge in [-0.05, 0) is 37.3 Å². The van der Waals surface area contributed by atoms with Gasteiger partial charge in [-0.3, -0.25) is 4.79 Å². The van der Waals surface area contributed by atoms with Gasteiger partial charge >= 0.3 is 5.97 Å². The Bertz CT molecular complexity index is 708. The molecule has 0 radical (unpaired) electrons. The van der Waals surface area contributed by atoms with Gasteiger partial charge in [0.15, 0.2) is 0 Å². The molecule has 0 saturated carbocycles. The van der Waals surface area contributed by atoms with Crippen molar-refractivity contribution >= 4 is 23.6 Å². The minimum atomic E-state index is -1.04. The lowest BCUT2D eigenvalue weighted by Crippen LogP contribution is -2.22. The van der Waals surface area contributed by atoms with E-state index in [0.29, 0.717) is 23.7 Å². The number of carboxylic acids is 1. The van der Waals surface area contributed by atoms with Crippen LogP contribution in [-0.4, -0.2) is 29.8 Å². The smallest absolute Gasteiger partial charge is 0.339 e. The molecule has 2 rings (SSSR count). The maximum Gasteiger partial charge on any atom is 0.339 e. The van der Waals surface area contributed by atoms with Crippen LogP contribution >= 0.6 is 11.8 Å². The van der Waals surface area contributed by atoms with Crippen LogP contribution in [0.2, 0.25) is 0 Å². The molecule has 7 heteroatoms. The second-order valence-corrected chi connectivity index (χ2v) is 6.21. The topological polar surface area (TPSA) is 88.8 Å². The number of carboxylic acid groups (broad SMARTS) is 1. The fourth-order valence-electron chi connectivity index (χ4n) is 2.05. The van der Waals surface area contributed by atoms with Crippen LogP contribution in [0.25, 0.3) is 0 Å². The molecule has 2 N–H and O–H groups in total. The number of carbonyl (C=O) groups is 2. The fraction of sp³-hybridized carbons (Fsp3) is 0.294. The normalized spacial score (nSPS) is 10.4. The number of nitrogens with one attached hydrogen (secondary N) is 1. The molecule has 0 atom stereocenters. The van der Waals surface area contributed by atoms with Gasteiger partial charge in [0.05, 0.1) is 13.7 Å². The van der Waals surface area contributed by atoms with Crippen LogP contribution in [0.1, 0.15) is 28.3 Å². The summed E-state index contributed by atoms with van der Waals surface area (Å²) < 4.78 is 10.4. The van der Waals surface area contributed by atoms with Crippen molar-refractivity contribution < 1.29 is 23.8 Å². The highest BCUT2D eigenvalue weighted by molar-refractivity contribution is 7.99. The predicted molar refractivity (Wildman–Crippen MR) is 90.6 cm³/mol. The van der Waals surface area contributed by atoms with Crippen molar-refractivity contribution in [1.82, 2.24) is 5.32 Å². The van der Waals surface area contributed by atoms with Crippen LogP contribution in [-0.2, 0) is 11.3 Å². The van der Waals surface area contributed by atoms with Crippen LogP contribution in [0.4, 0.5) is 0 Å². The summed E-state index contributed by atoms with van der Waals surface area (Å²) in [5.74, 6) is 1.07. The average molecular weight is 349 g/mol. The van der Waals surface area contributed by atoms with Gasteiger partial charge in [-0.1, -0.05) is 0 Å². The molecule has 128 valence electrons. The predicted octanol–water partition coefficient (Wildman–Crippen LogP) is 3.09. The Morgan fingerprint density at radius 1 is 1.29 bits per heavy atom. The number of rotatable bonds is 8. The SMILES string of the molecule is COc1ccc(SCCC(=O)NCc2cc(C(=O)O)c(C)o2)cc1. The van der Waals surface area contributed by atoms with Gasteiger partial charge in [-0.15, -0.1) is 11.8 Å². The maximum absolute atomic E-state index is 11.8. The van der Waals surface area contributed by atoms with Gasteiger partial charge in [0.2, 0.25) is 5.91 Å². The lowest BCUT2D eigenvalue weighted by atomic mass is 10.2. The second-order valence-electron chi connectivity index (χ2n) is 5.04. The number of hydrogen-bond acceptors (Lipinski definition) is 5. The third-order valence-corrected chi connectivity index (χ3v) is 4.33. The molecule has 1 amide bonds. The molecular weight excluding hydrogens is 330 g/mol. The Labute approximate surface area is 144 Å². The molecule has 0 spiro atoms. The Balaban J connectivity index is 1.73. The Kier molecular flexibility index (Phi) is 6.31. The third kappa shape index (κ3) is 5.06. The van der Waals surface area contributed by atoms with E-state index in [1.54, 1.807) is 25.8 Å². The lowest BCUT2D eigenvalue weighted by Gasteiger charge is -2.04. The van der Waals surface area contributed by atoms with Crippen molar-refractivity contribution in [3.63, 3.8) is 0 Å². The average Bonchev–Trinajstić information content (AvgIpc) is 2.95. The number of aryl methyl sites for hydroxylation is 1. The van der Waals surface area contributed by atoms with Gasteiger partial charge in [-0.2, -0.15) is 0 Å². The molecule has 1 aromatic carbocycles. The molecule has 0 aliphatic carbocycles. The molecule has 0 aliphatic rings.